The summed E-state index contributed by atoms with van der Waals surface area (Å²) in [6, 6.07) is 12.4. The van der Waals surface area contributed by atoms with Crippen LogP contribution in [0.5, 0.6) is 0 Å². The quantitative estimate of drug-likeness (QED) is 0.565. The van der Waals surface area contributed by atoms with Crippen LogP contribution in [-0.2, 0) is 11.2 Å². The zero-order valence-corrected chi connectivity index (χ0v) is 17.3. The van der Waals surface area contributed by atoms with E-state index in [4.69, 9.17) is 5.26 Å². The Balaban J connectivity index is 1.20. The van der Waals surface area contributed by atoms with Crippen LogP contribution in [0.15, 0.2) is 48.8 Å². The molecule has 0 spiro atoms. The molecule has 0 saturated heterocycles. The van der Waals surface area contributed by atoms with Crippen LogP contribution >= 0.6 is 0 Å². The number of hydrogen-bond acceptors (Lipinski definition) is 4. The Hall–Kier alpha value is -3.13. The first-order chi connectivity index (χ1) is 15.1. The molecule has 0 bridgehead atoms. The first kappa shape index (κ1) is 19.8. The minimum atomic E-state index is -0.213. The van der Waals surface area contributed by atoms with E-state index in [-0.39, 0.29) is 11.6 Å². The van der Waals surface area contributed by atoms with E-state index in [1.165, 1.54) is 17.8 Å². The van der Waals surface area contributed by atoms with Gasteiger partial charge in [-0.25, -0.2) is 4.39 Å². The molecule has 4 nitrogen and oxygen atoms in total. The van der Waals surface area contributed by atoms with Gasteiger partial charge in [0, 0.05) is 36.3 Å². The summed E-state index contributed by atoms with van der Waals surface area (Å²) < 4.78 is 13.8. The van der Waals surface area contributed by atoms with E-state index in [1.54, 1.807) is 24.3 Å². The van der Waals surface area contributed by atoms with Crippen LogP contribution in [0, 0.1) is 34.9 Å². The number of nitrogens with zero attached hydrogens (tertiary/aromatic N) is 3. The number of ketones is 1. The molecule has 0 aliphatic heterocycles. The molecule has 2 aliphatic rings. The van der Waals surface area contributed by atoms with Crippen molar-refractivity contribution in [1.29, 1.82) is 5.26 Å². The smallest absolute Gasteiger partial charge is 0.139 e. The third kappa shape index (κ3) is 4.07. The fraction of sp³-hybridized carbons (Fsp3) is 0.385. The minimum Gasteiger partial charge on any atom is -0.299 e. The van der Waals surface area contributed by atoms with E-state index in [0.717, 1.165) is 42.3 Å². The van der Waals surface area contributed by atoms with Crippen LogP contribution in [0.2, 0.25) is 0 Å². The van der Waals surface area contributed by atoms with Gasteiger partial charge in [0.25, 0.3) is 0 Å². The Morgan fingerprint density at radius 3 is 2.58 bits per heavy atom. The molecule has 0 radical (unpaired) electrons. The second kappa shape index (κ2) is 8.19. The van der Waals surface area contributed by atoms with Gasteiger partial charge in [0.15, 0.2) is 0 Å². The number of benzene rings is 1. The van der Waals surface area contributed by atoms with Gasteiger partial charge in [-0.3, -0.25) is 14.8 Å². The molecular formula is C26H24FN3O. The van der Waals surface area contributed by atoms with Gasteiger partial charge in [-0.1, -0.05) is 0 Å². The highest BCUT2D eigenvalue weighted by Gasteiger charge is 2.42. The Bertz CT molecular complexity index is 1150. The van der Waals surface area contributed by atoms with Gasteiger partial charge in [-0.2, -0.15) is 5.26 Å². The standard InChI is InChI=1S/C26H24FN3O/c27-21-2-4-26-25(12-21)24(5-6-29-26)20-10-18-7-17(8-19(18)11-20)9-23(31)13-22-3-1-16(14-28)15-30-22/h1-6,12,15,17-20H,7-11,13H2/t17?,18-,19+,20?. The topological polar surface area (TPSA) is 66.6 Å². The molecule has 2 aliphatic carbocycles. The van der Waals surface area contributed by atoms with Gasteiger partial charge in [-0.05, 0) is 91.3 Å². The highest BCUT2D eigenvalue weighted by atomic mass is 19.1. The van der Waals surface area contributed by atoms with Gasteiger partial charge in [0.1, 0.15) is 17.7 Å². The predicted octanol–water partition coefficient (Wildman–Crippen LogP) is 5.36. The molecule has 4 atom stereocenters. The van der Waals surface area contributed by atoms with Crippen molar-refractivity contribution in [3.05, 3.63) is 71.4 Å². The summed E-state index contributed by atoms with van der Waals surface area (Å²) in [5, 5.41) is 9.80. The molecule has 1 aromatic carbocycles. The molecule has 0 N–H and O–H groups in total. The predicted molar refractivity (Wildman–Crippen MR) is 116 cm³/mol. The van der Waals surface area contributed by atoms with E-state index in [0.29, 0.717) is 42.1 Å². The van der Waals surface area contributed by atoms with Gasteiger partial charge in [0.2, 0.25) is 0 Å². The SMILES string of the molecule is N#Cc1ccc(CC(=O)CC2C[C@@H]3CC(c4ccnc5ccc(F)cc45)C[C@@H]3C2)nc1. The third-order valence-corrected chi connectivity index (χ3v) is 7.14. The molecule has 2 unspecified atom stereocenters. The second-order valence-electron chi connectivity index (χ2n) is 9.16. The molecule has 31 heavy (non-hydrogen) atoms. The van der Waals surface area contributed by atoms with Crippen molar-refractivity contribution in [2.24, 2.45) is 17.8 Å². The zero-order chi connectivity index (χ0) is 21.4. The second-order valence-corrected chi connectivity index (χ2v) is 9.16. The molecule has 2 fully saturated rings. The maximum Gasteiger partial charge on any atom is 0.139 e. The average Bonchev–Trinajstić information content (AvgIpc) is 3.32. The van der Waals surface area contributed by atoms with E-state index < -0.39 is 0 Å². The van der Waals surface area contributed by atoms with Crippen molar-refractivity contribution in [3.8, 4) is 6.07 Å². The van der Waals surface area contributed by atoms with Crippen molar-refractivity contribution in [1.82, 2.24) is 9.97 Å². The van der Waals surface area contributed by atoms with Gasteiger partial charge < -0.3 is 0 Å². The number of aromatic nitrogens is 2. The summed E-state index contributed by atoms with van der Waals surface area (Å²) in [5.41, 5.74) is 3.33. The molecule has 0 amide bonds. The number of pyridine rings is 2. The lowest BCUT2D eigenvalue weighted by atomic mass is 9.89. The normalized spacial score (nSPS) is 24.8. The Kier molecular flexibility index (Phi) is 5.23. The summed E-state index contributed by atoms with van der Waals surface area (Å²) >= 11 is 0. The van der Waals surface area contributed by atoms with E-state index in [2.05, 4.69) is 16.0 Å². The number of nitriles is 1. The number of Topliss-reactive ketones (excluding diaryl/α,β-unsaturated/α-hetero) is 1. The zero-order valence-electron chi connectivity index (χ0n) is 17.3. The van der Waals surface area contributed by atoms with E-state index in [9.17, 15) is 9.18 Å². The number of hydrogen-bond donors (Lipinski definition) is 0. The highest BCUT2D eigenvalue weighted by molar-refractivity contribution is 5.82. The maximum atomic E-state index is 13.8. The van der Waals surface area contributed by atoms with Crippen LogP contribution in [0.1, 0.15) is 54.8 Å². The summed E-state index contributed by atoms with van der Waals surface area (Å²) in [6.45, 7) is 0. The highest BCUT2D eigenvalue weighted by Crippen LogP contribution is 2.53. The third-order valence-electron chi connectivity index (χ3n) is 7.14. The molecule has 5 rings (SSSR count). The van der Waals surface area contributed by atoms with Crippen molar-refractivity contribution >= 4 is 16.7 Å². The van der Waals surface area contributed by atoms with Crippen LogP contribution < -0.4 is 0 Å². The lowest BCUT2D eigenvalue weighted by molar-refractivity contribution is -0.119. The van der Waals surface area contributed by atoms with E-state index in [1.807, 2.05) is 12.3 Å². The molecular weight excluding hydrogens is 389 g/mol. The van der Waals surface area contributed by atoms with Gasteiger partial charge >= 0.3 is 0 Å². The van der Waals surface area contributed by atoms with Crippen LogP contribution in [-0.4, -0.2) is 15.8 Å². The average molecular weight is 413 g/mol. The molecule has 2 aromatic heterocycles. The van der Waals surface area contributed by atoms with Crippen molar-refractivity contribution < 1.29 is 9.18 Å². The van der Waals surface area contributed by atoms with Crippen molar-refractivity contribution in [2.75, 3.05) is 0 Å². The first-order valence-corrected chi connectivity index (χ1v) is 11.0. The molecule has 2 saturated carbocycles. The van der Waals surface area contributed by atoms with Crippen LogP contribution in [0.25, 0.3) is 10.9 Å². The Morgan fingerprint density at radius 2 is 1.87 bits per heavy atom. The molecule has 2 heterocycles. The number of rotatable bonds is 5. The lowest BCUT2D eigenvalue weighted by Gasteiger charge is -2.16. The fourth-order valence-electron chi connectivity index (χ4n) is 5.85. The first-order valence-electron chi connectivity index (χ1n) is 11.0. The van der Waals surface area contributed by atoms with Crippen LogP contribution in [0.3, 0.4) is 0 Å². The molecule has 3 aromatic rings. The maximum absolute atomic E-state index is 13.8. The number of carbonyl (C=O) groups is 1. The lowest BCUT2D eigenvalue weighted by Crippen LogP contribution is -2.11. The van der Waals surface area contributed by atoms with Gasteiger partial charge in [-0.15, -0.1) is 0 Å². The number of halogens is 1. The largest absolute Gasteiger partial charge is 0.299 e. The summed E-state index contributed by atoms with van der Waals surface area (Å²) in [4.78, 5) is 21.2. The minimum absolute atomic E-state index is 0.213. The van der Waals surface area contributed by atoms with Crippen LogP contribution in [0.4, 0.5) is 4.39 Å². The van der Waals surface area contributed by atoms with E-state index >= 15 is 0 Å². The Morgan fingerprint density at radius 1 is 1.06 bits per heavy atom. The summed E-state index contributed by atoms with van der Waals surface area (Å²) in [6.07, 6.45) is 8.75. The summed E-state index contributed by atoms with van der Waals surface area (Å²) in [5.74, 6) is 2.21. The summed E-state index contributed by atoms with van der Waals surface area (Å²) in [7, 11) is 0. The molecule has 5 heteroatoms. The number of fused-ring (bicyclic) bond motifs is 2. The monoisotopic (exact) mass is 413 g/mol. The van der Waals surface area contributed by atoms with Crippen molar-refractivity contribution in [2.45, 2.75) is 44.4 Å². The van der Waals surface area contributed by atoms with Gasteiger partial charge in [0.05, 0.1) is 11.1 Å². The molecule has 156 valence electrons. The van der Waals surface area contributed by atoms with Crippen molar-refractivity contribution in [3.63, 3.8) is 0 Å². The fourth-order valence-corrected chi connectivity index (χ4v) is 5.85. The number of carbonyl (C=O) groups excluding carboxylic acids is 1. The Labute approximate surface area is 181 Å².